The first kappa shape index (κ1) is 10.2. The average molecular weight is 183 g/mol. The van der Waals surface area contributed by atoms with Gasteiger partial charge < -0.3 is 4.90 Å². The summed E-state index contributed by atoms with van der Waals surface area (Å²) in [4.78, 5) is 24.1. The first-order valence-electron chi connectivity index (χ1n) is 4.72. The highest BCUT2D eigenvalue weighted by atomic mass is 16.1. The van der Waals surface area contributed by atoms with Gasteiger partial charge in [-0.15, -0.1) is 0 Å². The molecule has 1 atom stereocenters. The van der Waals surface area contributed by atoms with Gasteiger partial charge in [-0.05, 0) is 12.8 Å². The third kappa shape index (κ3) is 2.08. The van der Waals surface area contributed by atoms with E-state index in [1.54, 1.807) is 4.90 Å². The van der Waals surface area contributed by atoms with Crippen LogP contribution in [0.2, 0.25) is 0 Å². The predicted molar refractivity (Wildman–Crippen MR) is 50.3 cm³/mol. The van der Waals surface area contributed by atoms with Crippen LogP contribution < -0.4 is 0 Å². The van der Waals surface area contributed by atoms with E-state index in [1.807, 2.05) is 20.8 Å². The van der Waals surface area contributed by atoms with E-state index in [2.05, 4.69) is 0 Å². The largest absolute Gasteiger partial charge is 0.335 e. The smallest absolute Gasteiger partial charge is 0.210 e. The first-order chi connectivity index (χ1) is 5.96. The second-order valence-electron chi connectivity index (χ2n) is 4.62. The van der Waals surface area contributed by atoms with E-state index in [0.717, 1.165) is 25.8 Å². The summed E-state index contributed by atoms with van der Waals surface area (Å²) in [7, 11) is 0. The number of carbonyl (C=O) groups excluding carboxylic acids is 2. The minimum Gasteiger partial charge on any atom is -0.335 e. The average Bonchev–Trinajstić information content (AvgIpc) is 2.48. The number of likely N-dealkylation sites (tertiary alicyclic amines) is 1. The summed E-state index contributed by atoms with van der Waals surface area (Å²) in [5, 5.41) is 0. The van der Waals surface area contributed by atoms with Crippen molar-refractivity contribution in [3.8, 4) is 0 Å². The van der Waals surface area contributed by atoms with Crippen molar-refractivity contribution in [2.45, 2.75) is 39.7 Å². The Morgan fingerprint density at radius 1 is 1.46 bits per heavy atom. The quantitative estimate of drug-likeness (QED) is 0.604. The number of rotatable bonds is 2. The zero-order chi connectivity index (χ0) is 10.1. The Hall–Kier alpha value is -0.860. The monoisotopic (exact) mass is 183 g/mol. The van der Waals surface area contributed by atoms with Crippen molar-refractivity contribution in [1.82, 2.24) is 4.90 Å². The van der Waals surface area contributed by atoms with Gasteiger partial charge in [0.05, 0.1) is 6.04 Å². The first-order valence-corrected chi connectivity index (χ1v) is 4.72. The minimum atomic E-state index is -0.337. The van der Waals surface area contributed by atoms with Gasteiger partial charge in [0.15, 0.2) is 5.78 Å². The van der Waals surface area contributed by atoms with E-state index in [9.17, 15) is 9.59 Å². The van der Waals surface area contributed by atoms with E-state index in [-0.39, 0.29) is 17.2 Å². The Bertz CT molecular complexity index is 217. The second kappa shape index (κ2) is 3.48. The Labute approximate surface area is 79.1 Å². The van der Waals surface area contributed by atoms with E-state index in [0.29, 0.717) is 0 Å². The molecule has 0 saturated carbocycles. The van der Waals surface area contributed by atoms with E-state index < -0.39 is 0 Å². The summed E-state index contributed by atoms with van der Waals surface area (Å²) in [5.74, 6) is 0.178. The molecule has 0 spiro atoms. The molecule has 3 heteroatoms. The summed E-state index contributed by atoms with van der Waals surface area (Å²) >= 11 is 0. The van der Waals surface area contributed by atoms with Crippen LogP contribution in [-0.2, 0) is 9.59 Å². The van der Waals surface area contributed by atoms with Crippen LogP contribution in [0.5, 0.6) is 0 Å². The molecule has 0 aromatic rings. The van der Waals surface area contributed by atoms with Gasteiger partial charge in [-0.1, -0.05) is 20.8 Å². The van der Waals surface area contributed by atoms with Gasteiger partial charge in [0.1, 0.15) is 0 Å². The van der Waals surface area contributed by atoms with Crippen molar-refractivity contribution in [3.05, 3.63) is 0 Å². The van der Waals surface area contributed by atoms with Crippen LogP contribution in [0.4, 0.5) is 0 Å². The number of carbonyl (C=O) groups is 2. The standard InChI is InChI=1S/C10H17NO2/c1-10(2,3)9(13)8-5-4-6-11(8)7-12/h7-8H,4-6H2,1-3H3. The lowest BCUT2D eigenvalue weighted by Crippen LogP contribution is -2.41. The highest BCUT2D eigenvalue weighted by Crippen LogP contribution is 2.25. The number of ketones is 1. The molecule has 0 radical (unpaired) electrons. The molecule has 1 amide bonds. The Kier molecular flexibility index (Phi) is 2.74. The van der Waals surface area contributed by atoms with Gasteiger partial charge in [0.25, 0.3) is 0 Å². The fourth-order valence-corrected chi connectivity index (χ4v) is 1.70. The van der Waals surface area contributed by atoms with Gasteiger partial charge >= 0.3 is 0 Å². The lowest BCUT2D eigenvalue weighted by molar-refractivity contribution is -0.135. The summed E-state index contributed by atoms with van der Waals surface area (Å²) in [5.41, 5.74) is -0.337. The van der Waals surface area contributed by atoms with Gasteiger partial charge in [0, 0.05) is 12.0 Å². The van der Waals surface area contributed by atoms with Crippen molar-refractivity contribution in [3.63, 3.8) is 0 Å². The Morgan fingerprint density at radius 2 is 2.08 bits per heavy atom. The zero-order valence-corrected chi connectivity index (χ0v) is 8.54. The fraction of sp³-hybridized carbons (Fsp3) is 0.800. The van der Waals surface area contributed by atoms with Gasteiger partial charge in [-0.3, -0.25) is 9.59 Å². The molecule has 1 saturated heterocycles. The molecule has 1 aliphatic rings. The molecule has 13 heavy (non-hydrogen) atoms. The van der Waals surface area contributed by atoms with Gasteiger partial charge in [-0.25, -0.2) is 0 Å². The summed E-state index contributed by atoms with van der Waals surface area (Å²) in [6.45, 7) is 6.43. The minimum absolute atomic E-state index is 0.169. The van der Waals surface area contributed by atoms with Crippen molar-refractivity contribution in [2.75, 3.05) is 6.54 Å². The van der Waals surface area contributed by atoms with E-state index in [1.165, 1.54) is 0 Å². The van der Waals surface area contributed by atoms with Crippen molar-refractivity contribution < 1.29 is 9.59 Å². The summed E-state index contributed by atoms with van der Waals surface area (Å²) in [6.07, 6.45) is 2.57. The Morgan fingerprint density at radius 3 is 2.54 bits per heavy atom. The highest BCUT2D eigenvalue weighted by molar-refractivity contribution is 5.90. The lowest BCUT2D eigenvalue weighted by atomic mass is 9.85. The number of hydrogen-bond acceptors (Lipinski definition) is 2. The molecule has 1 aliphatic heterocycles. The zero-order valence-electron chi connectivity index (χ0n) is 8.54. The number of Topliss-reactive ketones (excluding diaryl/α,β-unsaturated/α-hetero) is 1. The maximum absolute atomic E-state index is 11.8. The number of hydrogen-bond donors (Lipinski definition) is 0. The van der Waals surface area contributed by atoms with Crippen LogP contribution in [0.1, 0.15) is 33.6 Å². The molecule has 0 bridgehead atoms. The third-order valence-corrected chi connectivity index (χ3v) is 2.47. The van der Waals surface area contributed by atoms with E-state index in [4.69, 9.17) is 0 Å². The second-order valence-corrected chi connectivity index (χ2v) is 4.62. The topological polar surface area (TPSA) is 37.4 Å². The van der Waals surface area contributed by atoms with E-state index >= 15 is 0 Å². The molecular weight excluding hydrogens is 166 g/mol. The van der Waals surface area contributed by atoms with Crippen LogP contribution in [0.3, 0.4) is 0 Å². The molecule has 1 fully saturated rings. The predicted octanol–water partition coefficient (Wildman–Crippen LogP) is 1.22. The highest BCUT2D eigenvalue weighted by Gasteiger charge is 2.35. The fourth-order valence-electron chi connectivity index (χ4n) is 1.70. The van der Waals surface area contributed by atoms with Crippen molar-refractivity contribution in [1.29, 1.82) is 0 Å². The van der Waals surface area contributed by atoms with Crippen molar-refractivity contribution >= 4 is 12.2 Å². The third-order valence-electron chi connectivity index (χ3n) is 2.47. The van der Waals surface area contributed by atoms with Crippen LogP contribution in [-0.4, -0.2) is 29.7 Å². The molecule has 0 N–H and O–H groups in total. The van der Waals surface area contributed by atoms with Crippen LogP contribution in [0.15, 0.2) is 0 Å². The molecule has 1 rings (SSSR count). The van der Waals surface area contributed by atoms with Crippen molar-refractivity contribution in [2.24, 2.45) is 5.41 Å². The van der Waals surface area contributed by atoms with Crippen LogP contribution in [0.25, 0.3) is 0 Å². The summed E-state index contributed by atoms with van der Waals surface area (Å²) < 4.78 is 0. The molecule has 0 aromatic carbocycles. The molecule has 1 heterocycles. The lowest BCUT2D eigenvalue weighted by Gasteiger charge is -2.26. The molecule has 74 valence electrons. The summed E-state index contributed by atoms with van der Waals surface area (Å²) in [6, 6.07) is -0.169. The van der Waals surface area contributed by atoms with Crippen LogP contribution >= 0.6 is 0 Å². The molecule has 0 aromatic heterocycles. The van der Waals surface area contributed by atoms with Gasteiger partial charge in [-0.2, -0.15) is 0 Å². The molecule has 1 unspecified atom stereocenters. The van der Waals surface area contributed by atoms with Gasteiger partial charge in [0.2, 0.25) is 6.41 Å². The normalized spacial score (nSPS) is 23.3. The SMILES string of the molecule is CC(C)(C)C(=O)C1CCCN1C=O. The maximum atomic E-state index is 11.8. The van der Waals surface area contributed by atoms with Crippen LogP contribution in [0, 0.1) is 5.41 Å². The Balaban J connectivity index is 2.71. The maximum Gasteiger partial charge on any atom is 0.210 e. The molecule has 3 nitrogen and oxygen atoms in total. The number of nitrogens with zero attached hydrogens (tertiary/aromatic N) is 1. The molecule has 0 aliphatic carbocycles. The number of amides is 1. The molecular formula is C10H17NO2.